The molecule has 4 heteroatoms. The molecule has 0 aliphatic heterocycles. The van der Waals surface area contributed by atoms with Crippen molar-refractivity contribution in [1.82, 2.24) is 0 Å². The lowest BCUT2D eigenvalue weighted by Crippen LogP contribution is -2.38. The van der Waals surface area contributed by atoms with Crippen LogP contribution in [0, 0.1) is 11.3 Å². The van der Waals surface area contributed by atoms with Gasteiger partial charge in [-0.15, -0.1) is 0 Å². The van der Waals surface area contributed by atoms with Crippen molar-refractivity contribution in [2.45, 2.75) is 31.1 Å². The van der Waals surface area contributed by atoms with Crippen LogP contribution in [0.15, 0.2) is 54.6 Å². The highest BCUT2D eigenvalue weighted by Crippen LogP contribution is 2.39. The largest absolute Gasteiger partial charge is 0.468 e. The summed E-state index contributed by atoms with van der Waals surface area (Å²) in [5.74, 6) is -0.298. The minimum Gasteiger partial charge on any atom is -0.468 e. The normalized spacial score (nSPS) is 12.9. The van der Waals surface area contributed by atoms with Gasteiger partial charge in [0.1, 0.15) is 5.41 Å². The smallest absolute Gasteiger partial charge is 0.320 e. The van der Waals surface area contributed by atoms with Crippen LogP contribution in [0.4, 0.5) is 0 Å². The Morgan fingerprint density at radius 3 is 2.29 bits per heavy atom. The standard InChI is InChI=1S/C20H20ClNO2/c1-24-19(23)20(14-6-3-7-15-22,16-8-4-2-5-9-16)17-10-12-18(21)13-11-17/h2,4-5,8-13H,3,6-7,14H2,1H3. The van der Waals surface area contributed by atoms with Crippen LogP contribution in [-0.4, -0.2) is 13.1 Å². The van der Waals surface area contributed by atoms with Crippen molar-refractivity contribution in [3.8, 4) is 6.07 Å². The van der Waals surface area contributed by atoms with E-state index < -0.39 is 5.41 Å². The second-order valence-electron chi connectivity index (χ2n) is 5.64. The molecular weight excluding hydrogens is 322 g/mol. The molecule has 1 atom stereocenters. The second kappa shape index (κ2) is 8.52. The zero-order valence-corrected chi connectivity index (χ0v) is 14.4. The Morgan fingerprint density at radius 2 is 1.71 bits per heavy atom. The summed E-state index contributed by atoms with van der Waals surface area (Å²) in [6.45, 7) is 0. The first-order chi connectivity index (χ1) is 11.6. The topological polar surface area (TPSA) is 50.1 Å². The van der Waals surface area contributed by atoms with Crippen LogP contribution in [0.25, 0.3) is 0 Å². The van der Waals surface area contributed by atoms with Crippen molar-refractivity contribution in [2.75, 3.05) is 7.11 Å². The molecule has 0 N–H and O–H groups in total. The van der Waals surface area contributed by atoms with E-state index in [9.17, 15) is 4.79 Å². The number of hydrogen-bond acceptors (Lipinski definition) is 3. The molecule has 0 fully saturated rings. The van der Waals surface area contributed by atoms with Crippen molar-refractivity contribution in [3.05, 3.63) is 70.7 Å². The van der Waals surface area contributed by atoms with Gasteiger partial charge in [-0.05, 0) is 36.1 Å². The third-order valence-corrected chi connectivity index (χ3v) is 4.48. The highest BCUT2D eigenvalue weighted by atomic mass is 35.5. The summed E-state index contributed by atoms with van der Waals surface area (Å²) in [5.41, 5.74) is 0.841. The second-order valence-corrected chi connectivity index (χ2v) is 6.07. The van der Waals surface area contributed by atoms with E-state index in [1.54, 1.807) is 12.1 Å². The van der Waals surface area contributed by atoms with Gasteiger partial charge in [0.25, 0.3) is 0 Å². The van der Waals surface area contributed by atoms with Gasteiger partial charge in [0.15, 0.2) is 0 Å². The Bertz CT molecular complexity index is 707. The van der Waals surface area contributed by atoms with Crippen molar-refractivity contribution < 1.29 is 9.53 Å². The molecule has 0 saturated heterocycles. The SMILES string of the molecule is COC(=O)C(CCCCC#N)(c1ccccc1)c1ccc(Cl)cc1. The molecule has 3 nitrogen and oxygen atoms in total. The van der Waals surface area contributed by atoms with Gasteiger partial charge in [0.2, 0.25) is 0 Å². The molecule has 0 radical (unpaired) electrons. The minimum atomic E-state index is -0.893. The molecule has 0 bridgehead atoms. The fourth-order valence-electron chi connectivity index (χ4n) is 3.02. The molecule has 0 spiro atoms. The molecular formula is C20H20ClNO2. The molecule has 0 heterocycles. The lowest BCUT2D eigenvalue weighted by atomic mass is 9.71. The number of nitriles is 1. The van der Waals surface area contributed by atoms with Crippen molar-refractivity contribution >= 4 is 17.6 Å². The van der Waals surface area contributed by atoms with Gasteiger partial charge >= 0.3 is 5.97 Å². The molecule has 0 saturated carbocycles. The van der Waals surface area contributed by atoms with Gasteiger partial charge in [0, 0.05) is 11.4 Å². The number of nitrogens with zero attached hydrogens (tertiary/aromatic N) is 1. The lowest BCUT2D eigenvalue weighted by molar-refractivity contribution is -0.146. The first-order valence-corrected chi connectivity index (χ1v) is 8.30. The summed E-state index contributed by atoms with van der Waals surface area (Å²) < 4.78 is 5.17. The molecule has 0 aliphatic rings. The first kappa shape index (κ1) is 18.0. The number of halogens is 1. The van der Waals surface area contributed by atoms with E-state index in [1.807, 2.05) is 42.5 Å². The Kier molecular flexibility index (Phi) is 6.40. The van der Waals surface area contributed by atoms with Gasteiger partial charge in [-0.25, -0.2) is 0 Å². The third kappa shape index (κ3) is 3.77. The zero-order valence-electron chi connectivity index (χ0n) is 13.7. The van der Waals surface area contributed by atoms with Gasteiger partial charge in [-0.2, -0.15) is 5.26 Å². The Hall–Kier alpha value is -2.31. The molecule has 24 heavy (non-hydrogen) atoms. The molecule has 124 valence electrons. The highest BCUT2D eigenvalue weighted by Gasteiger charge is 2.42. The molecule has 2 rings (SSSR count). The van der Waals surface area contributed by atoms with Crippen LogP contribution in [0.1, 0.15) is 36.8 Å². The number of carbonyl (C=O) groups is 1. The molecule has 0 aliphatic carbocycles. The molecule has 2 aromatic rings. The number of rotatable bonds is 7. The van der Waals surface area contributed by atoms with E-state index in [1.165, 1.54) is 7.11 Å². The van der Waals surface area contributed by atoms with Crippen LogP contribution in [0.3, 0.4) is 0 Å². The van der Waals surface area contributed by atoms with E-state index >= 15 is 0 Å². The Balaban J connectivity index is 2.53. The monoisotopic (exact) mass is 341 g/mol. The zero-order chi connectivity index (χ0) is 17.4. The van der Waals surface area contributed by atoms with Crippen molar-refractivity contribution in [2.24, 2.45) is 0 Å². The number of benzene rings is 2. The van der Waals surface area contributed by atoms with Crippen molar-refractivity contribution in [1.29, 1.82) is 5.26 Å². The van der Waals surface area contributed by atoms with E-state index in [-0.39, 0.29) is 5.97 Å². The molecule has 2 aromatic carbocycles. The summed E-state index contributed by atoms with van der Waals surface area (Å²) in [6, 6.07) is 19.1. The molecule has 1 unspecified atom stereocenters. The Morgan fingerprint density at radius 1 is 1.08 bits per heavy atom. The lowest BCUT2D eigenvalue weighted by Gasteiger charge is -2.32. The van der Waals surface area contributed by atoms with Crippen LogP contribution in [0.5, 0.6) is 0 Å². The average Bonchev–Trinajstić information content (AvgIpc) is 2.63. The summed E-state index contributed by atoms with van der Waals surface area (Å²) >= 11 is 6.01. The maximum Gasteiger partial charge on any atom is 0.320 e. The minimum absolute atomic E-state index is 0.298. The van der Waals surface area contributed by atoms with Crippen LogP contribution in [-0.2, 0) is 14.9 Å². The maximum atomic E-state index is 12.9. The van der Waals surface area contributed by atoms with Gasteiger partial charge in [-0.1, -0.05) is 60.5 Å². The number of ether oxygens (including phenoxy) is 1. The number of unbranched alkanes of at least 4 members (excludes halogenated alkanes) is 2. The molecule has 0 aromatic heterocycles. The van der Waals surface area contributed by atoms with Gasteiger partial charge < -0.3 is 4.74 Å². The molecule has 0 amide bonds. The number of esters is 1. The quantitative estimate of drug-likeness (QED) is 0.532. The van der Waals surface area contributed by atoms with E-state index in [4.69, 9.17) is 21.6 Å². The van der Waals surface area contributed by atoms with Gasteiger partial charge in [-0.3, -0.25) is 4.79 Å². The maximum absolute atomic E-state index is 12.9. The predicted molar refractivity (Wildman–Crippen MR) is 94.8 cm³/mol. The average molecular weight is 342 g/mol. The van der Waals surface area contributed by atoms with Crippen molar-refractivity contribution in [3.63, 3.8) is 0 Å². The third-order valence-electron chi connectivity index (χ3n) is 4.23. The fraction of sp³-hybridized carbons (Fsp3) is 0.300. The summed E-state index contributed by atoms with van der Waals surface area (Å²) in [5, 5.41) is 9.38. The Labute approximate surface area is 147 Å². The first-order valence-electron chi connectivity index (χ1n) is 7.92. The van der Waals surface area contributed by atoms with Crippen LogP contribution < -0.4 is 0 Å². The number of carbonyl (C=O) groups excluding carboxylic acids is 1. The summed E-state index contributed by atoms with van der Waals surface area (Å²) in [6.07, 6.45) is 2.55. The van der Waals surface area contributed by atoms with E-state index in [0.717, 1.165) is 24.0 Å². The summed E-state index contributed by atoms with van der Waals surface area (Å²) in [4.78, 5) is 12.9. The summed E-state index contributed by atoms with van der Waals surface area (Å²) in [7, 11) is 1.41. The van der Waals surface area contributed by atoms with E-state index in [2.05, 4.69) is 6.07 Å². The van der Waals surface area contributed by atoms with E-state index in [0.29, 0.717) is 17.9 Å². The predicted octanol–water partition coefficient (Wildman–Crippen LogP) is 4.88. The fourth-order valence-corrected chi connectivity index (χ4v) is 3.14. The van der Waals surface area contributed by atoms with Crippen LogP contribution >= 0.6 is 11.6 Å². The highest BCUT2D eigenvalue weighted by molar-refractivity contribution is 6.30. The number of hydrogen-bond donors (Lipinski definition) is 0. The van der Waals surface area contributed by atoms with Gasteiger partial charge in [0.05, 0.1) is 13.2 Å². The number of methoxy groups -OCH3 is 1. The van der Waals surface area contributed by atoms with Crippen LogP contribution in [0.2, 0.25) is 5.02 Å².